The Hall–Kier alpha value is -1.35. The van der Waals surface area contributed by atoms with Gasteiger partial charge in [-0.3, -0.25) is 14.5 Å². The Morgan fingerprint density at radius 1 is 1.23 bits per heavy atom. The highest BCUT2D eigenvalue weighted by atomic mass is 35.5. The Morgan fingerprint density at radius 3 is 2.23 bits per heavy atom. The standard InChI is InChI=1S/C9H8ClNO2/c1-11(9(10)13)8(12)7-5-3-2-4-6-7/h2-6H,1H3. The molecule has 0 aliphatic carbocycles. The Morgan fingerprint density at radius 2 is 1.77 bits per heavy atom. The first-order valence-electron chi connectivity index (χ1n) is 3.65. The van der Waals surface area contributed by atoms with E-state index in [1.54, 1.807) is 30.3 Å². The van der Waals surface area contributed by atoms with Gasteiger partial charge in [-0.15, -0.1) is 0 Å². The molecular weight excluding hydrogens is 190 g/mol. The Kier molecular flexibility index (Phi) is 3.03. The molecular formula is C9H8ClNO2. The number of hydrogen-bond acceptors (Lipinski definition) is 2. The van der Waals surface area contributed by atoms with E-state index in [1.165, 1.54) is 7.05 Å². The van der Waals surface area contributed by atoms with Crippen molar-refractivity contribution in [3.8, 4) is 0 Å². The van der Waals surface area contributed by atoms with E-state index in [2.05, 4.69) is 0 Å². The summed E-state index contributed by atoms with van der Waals surface area (Å²) in [5, 5.41) is -0.783. The van der Waals surface area contributed by atoms with Crippen LogP contribution in [0.2, 0.25) is 0 Å². The number of carbonyl (C=O) groups excluding carboxylic acids is 2. The number of rotatable bonds is 1. The molecule has 0 aromatic heterocycles. The number of nitrogens with zero attached hydrogens (tertiary/aromatic N) is 1. The van der Waals surface area contributed by atoms with Crippen molar-refractivity contribution in [1.29, 1.82) is 0 Å². The molecule has 68 valence electrons. The second-order valence-corrected chi connectivity index (χ2v) is 2.81. The van der Waals surface area contributed by atoms with Crippen LogP contribution in [0.5, 0.6) is 0 Å². The molecule has 0 radical (unpaired) electrons. The zero-order valence-corrected chi connectivity index (χ0v) is 7.78. The normalized spacial score (nSPS) is 9.38. The summed E-state index contributed by atoms with van der Waals surface area (Å²) in [7, 11) is 1.34. The van der Waals surface area contributed by atoms with Crippen molar-refractivity contribution < 1.29 is 9.59 Å². The summed E-state index contributed by atoms with van der Waals surface area (Å²) < 4.78 is 0. The second kappa shape index (κ2) is 4.05. The van der Waals surface area contributed by atoms with Gasteiger partial charge in [0.05, 0.1) is 0 Å². The predicted molar refractivity (Wildman–Crippen MR) is 49.8 cm³/mol. The smallest absolute Gasteiger partial charge is 0.269 e. The molecule has 2 amide bonds. The summed E-state index contributed by atoms with van der Waals surface area (Å²) in [6.07, 6.45) is 0. The third-order valence-corrected chi connectivity index (χ3v) is 1.84. The van der Waals surface area contributed by atoms with E-state index in [0.717, 1.165) is 4.90 Å². The van der Waals surface area contributed by atoms with E-state index in [1.807, 2.05) is 0 Å². The Balaban J connectivity index is 2.86. The largest absolute Gasteiger partial charge is 0.323 e. The molecule has 0 bridgehead atoms. The molecule has 0 unspecified atom stereocenters. The molecule has 0 spiro atoms. The van der Waals surface area contributed by atoms with Gasteiger partial charge in [-0.05, 0) is 23.7 Å². The fraction of sp³-hybridized carbons (Fsp3) is 0.111. The van der Waals surface area contributed by atoms with E-state index < -0.39 is 11.3 Å². The van der Waals surface area contributed by atoms with Crippen LogP contribution in [0.15, 0.2) is 30.3 Å². The van der Waals surface area contributed by atoms with E-state index in [4.69, 9.17) is 11.6 Å². The second-order valence-electron chi connectivity index (χ2n) is 2.48. The van der Waals surface area contributed by atoms with Crippen LogP contribution in [0.3, 0.4) is 0 Å². The maximum absolute atomic E-state index is 11.4. The monoisotopic (exact) mass is 197 g/mol. The maximum Gasteiger partial charge on any atom is 0.323 e. The highest BCUT2D eigenvalue weighted by molar-refractivity contribution is 6.64. The van der Waals surface area contributed by atoms with Crippen molar-refractivity contribution in [2.75, 3.05) is 7.05 Å². The minimum absolute atomic E-state index is 0.402. The van der Waals surface area contributed by atoms with Crippen LogP contribution in [0.1, 0.15) is 10.4 Å². The van der Waals surface area contributed by atoms with Crippen LogP contribution in [0, 0.1) is 0 Å². The van der Waals surface area contributed by atoms with Gasteiger partial charge >= 0.3 is 5.37 Å². The van der Waals surface area contributed by atoms with Gasteiger partial charge in [0.1, 0.15) is 0 Å². The zero-order valence-electron chi connectivity index (χ0n) is 7.03. The minimum atomic E-state index is -0.783. The summed E-state index contributed by atoms with van der Waals surface area (Å²) in [5.41, 5.74) is 0.444. The lowest BCUT2D eigenvalue weighted by atomic mass is 10.2. The van der Waals surface area contributed by atoms with Gasteiger partial charge < -0.3 is 0 Å². The van der Waals surface area contributed by atoms with E-state index in [-0.39, 0.29) is 0 Å². The molecule has 0 N–H and O–H groups in total. The van der Waals surface area contributed by atoms with Crippen molar-refractivity contribution in [1.82, 2.24) is 4.90 Å². The fourth-order valence-corrected chi connectivity index (χ4v) is 0.931. The Labute approximate surface area is 80.9 Å². The molecule has 0 atom stereocenters. The third kappa shape index (κ3) is 2.29. The van der Waals surface area contributed by atoms with Gasteiger partial charge in [-0.25, -0.2) is 0 Å². The van der Waals surface area contributed by atoms with Crippen LogP contribution in [-0.2, 0) is 0 Å². The molecule has 1 aromatic rings. The molecule has 0 fully saturated rings. The van der Waals surface area contributed by atoms with Gasteiger partial charge in [-0.1, -0.05) is 18.2 Å². The summed E-state index contributed by atoms with van der Waals surface area (Å²) in [6, 6.07) is 8.48. The molecule has 3 nitrogen and oxygen atoms in total. The summed E-state index contributed by atoms with van der Waals surface area (Å²) >= 11 is 5.14. The lowest BCUT2D eigenvalue weighted by Gasteiger charge is -2.10. The number of carbonyl (C=O) groups is 2. The average molecular weight is 198 g/mol. The molecule has 0 aliphatic rings. The third-order valence-electron chi connectivity index (χ3n) is 1.59. The van der Waals surface area contributed by atoms with Gasteiger partial charge in [-0.2, -0.15) is 0 Å². The maximum atomic E-state index is 11.4. The van der Waals surface area contributed by atoms with Gasteiger partial charge in [0.2, 0.25) is 0 Å². The summed E-state index contributed by atoms with van der Waals surface area (Å²) in [6.45, 7) is 0. The molecule has 0 heterocycles. The highest BCUT2D eigenvalue weighted by Gasteiger charge is 2.15. The lowest BCUT2D eigenvalue weighted by Crippen LogP contribution is -2.28. The number of hydrogen-bond donors (Lipinski definition) is 0. The number of halogens is 1. The molecule has 0 saturated heterocycles. The SMILES string of the molecule is CN(C(=O)Cl)C(=O)c1ccccc1. The van der Waals surface area contributed by atoms with Gasteiger partial charge in [0.25, 0.3) is 5.91 Å². The topological polar surface area (TPSA) is 37.4 Å². The van der Waals surface area contributed by atoms with Crippen LogP contribution in [0.25, 0.3) is 0 Å². The van der Waals surface area contributed by atoms with Crippen molar-refractivity contribution in [3.05, 3.63) is 35.9 Å². The van der Waals surface area contributed by atoms with E-state index in [9.17, 15) is 9.59 Å². The van der Waals surface area contributed by atoms with E-state index >= 15 is 0 Å². The fourth-order valence-electron chi connectivity index (χ4n) is 0.854. The highest BCUT2D eigenvalue weighted by Crippen LogP contribution is 2.04. The minimum Gasteiger partial charge on any atom is -0.269 e. The van der Waals surface area contributed by atoms with Crippen LogP contribution in [0.4, 0.5) is 4.79 Å². The number of imide groups is 1. The Bertz CT molecular complexity index is 324. The summed E-state index contributed by atoms with van der Waals surface area (Å²) in [5.74, 6) is -0.402. The van der Waals surface area contributed by atoms with Crippen LogP contribution >= 0.6 is 11.6 Å². The van der Waals surface area contributed by atoms with Crippen molar-refractivity contribution in [3.63, 3.8) is 0 Å². The number of benzene rings is 1. The van der Waals surface area contributed by atoms with Crippen molar-refractivity contribution >= 4 is 22.9 Å². The van der Waals surface area contributed by atoms with Crippen LogP contribution in [-0.4, -0.2) is 23.2 Å². The van der Waals surface area contributed by atoms with Crippen molar-refractivity contribution in [2.45, 2.75) is 0 Å². The molecule has 0 saturated carbocycles. The first-order valence-corrected chi connectivity index (χ1v) is 4.03. The first-order chi connectivity index (χ1) is 6.13. The molecule has 1 aromatic carbocycles. The molecule has 4 heteroatoms. The zero-order chi connectivity index (χ0) is 9.84. The average Bonchev–Trinajstić information content (AvgIpc) is 2.17. The lowest BCUT2D eigenvalue weighted by molar-refractivity contribution is 0.0847. The van der Waals surface area contributed by atoms with Crippen LogP contribution < -0.4 is 0 Å². The molecule has 13 heavy (non-hydrogen) atoms. The van der Waals surface area contributed by atoms with Crippen molar-refractivity contribution in [2.24, 2.45) is 0 Å². The van der Waals surface area contributed by atoms with E-state index in [0.29, 0.717) is 5.56 Å². The predicted octanol–water partition coefficient (Wildman–Crippen LogP) is 2.12. The number of amides is 2. The van der Waals surface area contributed by atoms with Gasteiger partial charge in [0.15, 0.2) is 0 Å². The summed E-state index contributed by atoms with van der Waals surface area (Å²) in [4.78, 5) is 22.9. The molecule has 0 aliphatic heterocycles. The molecule has 1 rings (SSSR count). The quantitative estimate of drug-likeness (QED) is 0.511. The van der Waals surface area contributed by atoms with Gasteiger partial charge in [0, 0.05) is 12.6 Å². The first kappa shape index (κ1) is 9.74.